The molecule has 1 aliphatic rings. The van der Waals surface area contributed by atoms with Crippen molar-refractivity contribution in [3.05, 3.63) is 48.0 Å². The second-order valence-electron chi connectivity index (χ2n) is 8.06. The fourth-order valence-electron chi connectivity index (χ4n) is 4.21. The van der Waals surface area contributed by atoms with Gasteiger partial charge in [-0.3, -0.25) is 0 Å². The highest BCUT2D eigenvalue weighted by Crippen LogP contribution is 2.27. The normalized spacial score (nSPS) is 16.7. The number of hydrogen-bond donors (Lipinski definition) is 3. The number of nitrogens with one attached hydrogen (secondary N) is 3. The van der Waals surface area contributed by atoms with E-state index in [1.54, 1.807) is 19.6 Å². The standard InChI is InChI=1S/C22H30N6O3S/c1-23-32(29,30)14-16-5-6-20-19(10-16)17(11-26-20)4-3-8-25-18-7-9-28(13-18)22-21(31-2)12-24-15-27-22/h5-6,10-12,15,18,23,25-26H,3-4,7-9,13-14H2,1-2H3. The van der Waals surface area contributed by atoms with Gasteiger partial charge >= 0.3 is 0 Å². The number of ether oxygens (including phenoxy) is 1. The number of anilines is 1. The first-order chi connectivity index (χ1) is 15.5. The van der Waals surface area contributed by atoms with Gasteiger partial charge in [0.05, 0.1) is 19.1 Å². The van der Waals surface area contributed by atoms with Gasteiger partial charge in [-0.1, -0.05) is 6.07 Å². The Morgan fingerprint density at radius 2 is 2.22 bits per heavy atom. The maximum absolute atomic E-state index is 11.9. The SMILES string of the molecule is CNS(=O)(=O)Cc1ccc2[nH]cc(CCCNC3CCN(c4ncncc4OC)C3)c2c1. The predicted octanol–water partition coefficient (Wildman–Crippen LogP) is 1.82. The molecule has 0 radical (unpaired) electrons. The van der Waals surface area contributed by atoms with Crippen LogP contribution in [0.25, 0.3) is 10.9 Å². The summed E-state index contributed by atoms with van der Waals surface area (Å²) in [5.74, 6) is 1.54. The highest BCUT2D eigenvalue weighted by atomic mass is 32.2. The van der Waals surface area contributed by atoms with Crippen LogP contribution in [-0.2, 0) is 22.2 Å². The maximum Gasteiger partial charge on any atom is 0.215 e. The molecule has 2 aromatic heterocycles. The van der Waals surface area contributed by atoms with Gasteiger partial charge in [-0.05, 0) is 56.1 Å². The van der Waals surface area contributed by atoms with Crippen molar-refractivity contribution in [2.75, 3.05) is 38.7 Å². The molecule has 9 nitrogen and oxygen atoms in total. The van der Waals surface area contributed by atoms with Crippen LogP contribution in [0.1, 0.15) is 24.0 Å². The van der Waals surface area contributed by atoms with Crippen LogP contribution in [0.5, 0.6) is 5.75 Å². The van der Waals surface area contributed by atoms with Crippen LogP contribution < -0.4 is 19.7 Å². The highest BCUT2D eigenvalue weighted by molar-refractivity contribution is 7.88. The Kier molecular flexibility index (Phi) is 6.92. The van der Waals surface area contributed by atoms with E-state index in [1.807, 2.05) is 24.4 Å². The van der Waals surface area contributed by atoms with Gasteiger partial charge in [0, 0.05) is 36.2 Å². The summed E-state index contributed by atoms with van der Waals surface area (Å²) in [5, 5.41) is 4.75. The quantitative estimate of drug-likeness (QED) is 0.397. The lowest BCUT2D eigenvalue weighted by molar-refractivity contribution is 0.410. The number of benzene rings is 1. The first kappa shape index (κ1) is 22.5. The number of hydrogen-bond acceptors (Lipinski definition) is 7. The minimum atomic E-state index is -3.29. The maximum atomic E-state index is 11.9. The predicted molar refractivity (Wildman–Crippen MR) is 126 cm³/mol. The van der Waals surface area contributed by atoms with Crippen molar-refractivity contribution in [1.29, 1.82) is 0 Å². The summed E-state index contributed by atoms with van der Waals surface area (Å²) in [7, 11) is -0.206. The summed E-state index contributed by atoms with van der Waals surface area (Å²) in [6.07, 6.45) is 8.26. The molecule has 1 atom stereocenters. The molecule has 0 spiro atoms. The molecule has 10 heteroatoms. The van der Waals surface area contributed by atoms with Gasteiger partial charge in [-0.2, -0.15) is 0 Å². The number of aromatic nitrogens is 3. The van der Waals surface area contributed by atoms with E-state index in [1.165, 1.54) is 12.6 Å². The Hall–Kier alpha value is -2.69. The summed E-state index contributed by atoms with van der Waals surface area (Å²) >= 11 is 0. The lowest BCUT2D eigenvalue weighted by Crippen LogP contribution is -2.33. The molecular formula is C22H30N6O3S. The first-order valence-electron chi connectivity index (χ1n) is 10.8. The monoisotopic (exact) mass is 458 g/mol. The molecule has 1 aromatic carbocycles. The van der Waals surface area contributed by atoms with Crippen LogP contribution in [0.2, 0.25) is 0 Å². The lowest BCUT2D eigenvalue weighted by Gasteiger charge is -2.19. The van der Waals surface area contributed by atoms with Crippen LogP contribution in [0.15, 0.2) is 36.9 Å². The molecule has 1 fully saturated rings. The van der Waals surface area contributed by atoms with E-state index in [0.29, 0.717) is 11.8 Å². The molecule has 1 saturated heterocycles. The summed E-state index contributed by atoms with van der Waals surface area (Å²) in [6, 6.07) is 6.20. The van der Waals surface area contributed by atoms with Gasteiger partial charge in [-0.15, -0.1) is 0 Å². The number of aryl methyl sites for hydroxylation is 1. The minimum Gasteiger partial charge on any atom is -0.491 e. The van der Waals surface area contributed by atoms with Crippen LogP contribution in [0.4, 0.5) is 5.82 Å². The van der Waals surface area contributed by atoms with Crippen molar-refractivity contribution in [1.82, 2.24) is 25.0 Å². The Morgan fingerprint density at radius 3 is 3.03 bits per heavy atom. The Balaban J connectivity index is 1.29. The van der Waals surface area contributed by atoms with E-state index in [2.05, 4.69) is 29.9 Å². The van der Waals surface area contributed by atoms with Gasteiger partial charge in [-0.25, -0.2) is 23.1 Å². The molecule has 0 bridgehead atoms. The van der Waals surface area contributed by atoms with Gasteiger partial charge in [0.15, 0.2) is 11.6 Å². The third-order valence-electron chi connectivity index (χ3n) is 5.92. The average Bonchev–Trinajstić information content (AvgIpc) is 3.43. The van der Waals surface area contributed by atoms with Crippen LogP contribution in [-0.4, -0.2) is 63.2 Å². The molecular weight excluding hydrogens is 428 g/mol. The lowest BCUT2D eigenvalue weighted by atomic mass is 10.1. The number of nitrogens with zero attached hydrogens (tertiary/aromatic N) is 3. The Bertz CT molecular complexity index is 1160. The van der Waals surface area contributed by atoms with Crippen LogP contribution in [0, 0.1) is 0 Å². The van der Waals surface area contributed by atoms with Crippen molar-refractivity contribution in [2.45, 2.75) is 31.1 Å². The number of rotatable bonds is 10. The fourth-order valence-corrected chi connectivity index (χ4v) is 4.97. The molecule has 0 aliphatic carbocycles. The average molecular weight is 459 g/mol. The van der Waals surface area contributed by atoms with Crippen molar-refractivity contribution in [2.24, 2.45) is 0 Å². The Morgan fingerprint density at radius 1 is 1.34 bits per heavy atom. The number of fused-ring (bicyclic) bond motifs is 1. The molecule has 3 heterocycles. The summed E-state index contributed by atoms with van der Waals surface area (Å²) in [6.45, 7) is 2.75. The largest absolute Gasteiger partial charge is 0.491 e. The smallest absolute Gasteiger partial charge is 0.215 e. The highest BCUT2D eigenvalue weighted by Gasteiger charge is 2.25. The molecule has 3 N–H and O–H groups in total. The minimum absolute atomic E-state index is 0.0130. The number of methoxy groups -OCH3 is 1. The fraction of sp³-hybridized carbons (Fsp3) is 0.455. The molecule has 0 amide bonds. The summed E-state index contributed by atoms with van der Waals surface area (Å²) in [4.78, 5) is 13.9. The van der Waals surface area contributed by atoms with Crippen molar-refractivity contribution < 1.29 is 13.2 Å². The van der Waals surface area contributed by atoms with Gasteiger partial charge in [0.1, 0.15) is 6.33 Å². The van der Waals surface area contributed by atoms with Crippen molar-refractivity contribution >= 4 is 26.7 Å². The molecule has 1 unspecified atom stereocenters. The van der Waals surface area contributed by atoms with E-state index in [4.69, 9.17) is 4.74 Å². The van der Waals surface area contributed by atoms with E-state index in [-0.39, 0.29) is 5.75 Å². The molecule has 1 aliphatic heterocycles. The molecule has 4 rings (SSSR count). The van der Waals surface area contributed by atoms with E-state index in [9.17, 15) is 8.42 Å². The van der Waals surface area contributed by atoms with E-state index < -0.39 is 10.0 Å². The molecule has 172 valence electrons. The first-order valence-corrected chi connectivity index (χ1v) is 12.5. The topological polar surface area (TPSA) is 112 Å². The zero-order valence-corrected chi connectivity index (χ0v) is 19.3. The molecule has 0 saturated carbocycles. The van der Waals surface area contributed by atoms with Crippen LogP contribution >= 0.6 is 0 Å². The van der Waals surface area contributed by atoms with Crippen LogP contribution in [0.3, 0.4) is 0 Å². The zero-order valence-electron chi connectivity index (χ0n) is 18.5. The number of sulfonamides is 1. The second-order valence-corrected chi connectivity index (χ2v) is 9.99. The summed E-state index contributed by atoms with van der Waals surface area (Å²) in [5.41, 5.74) is 3.03. The molecule has 3 aromatic rings. The van der Waals surface area contributed by atoms with E-state index >= 15 is 0 Å². The molecule has 32 heavy (non-hydrogen) atoms. The van der Waals surface area contributed by atoms with E-state index in [0.717, 1.165) is 61.2 Å². The van der Waals surface area contributed by atoms with Gasteiger partial charge in [0.25, 0.3) is 0 Å². The van der Waals surface area contributed by atoms with Crippen molar-refractivity contribution in [3.63, 3.8) is 0 Å². The number of aromatic amines is 1. The van der Waals surface area contributed by atoms with Gasteiger partial charge < -0.3 is 19.9 Å². The van der Waals surface area contributed by atoms with Crippen molar-refractivity contribution in [3.8, 4) is 5.75 Å². The summed E-state index contributed by atoms with van der Waals surface area (Å²) < 4.78 is 31.5. The van der Waals surface area contributed by atoms with Gasteiger partial charge in [0.2, 0.25) is 10.0 Å². The second kappa shape index (κ2) is 9.85. The Labute approximate surface area is 188 Å². The third kappa shape index (κ3) is 5.20. The third-order valence-corrected chi connectivity index (χ3v) is 7.26. The zero-order chi connectivity index (χ0) is 22.6. The number of H-pyrrole nitrogens is 1.